The van der Waals surface area contributed by atoms with Crippen molar-refractivity contribution < 1.29 is 18.7 Å². The number of nitrogens with zero attached hydrogens (tertiary/aromatic N) is 1. The average Bonchev–Trinajstić information content (AvgIpc) is 2.62. The van der Waals surface area contributed by atoms with E-state index in [0.29, 0.717) is 0 Å². The van der Waals surface area contributed by atoms with Gasteiger partial charge in [0.05, 0.1) is 25.5 Å². The van der Waals surface area contributed by atoms with Crippen molar-refractivity contribution in [2.24, 2.45) is 0 Å². The van der Waals surface area contributed by atoms with Gasteiger partial charge in [-0.15, -0.1) is 0 Å². The van der Waals surface area contributed by atoms with Gasteiger partial charge in [-0.05, 0) is 13.8 Å². The molecule has 0 bridgehead atoms. The van der Waals surface area contributed by atoms with Crippen LogP contribution in [0.15, 0.2) is 9.59 Å². The first-order valence-corrected chi connectivity index (χ1v) is 9.03. The van der Waals surface area contributed by atoms with Crippen molar-refractivity contribution in [1.29, 1.82) is 0 Å². The fourth-order valence-electron chi connectivity index (χ4n) is 2.48. The zero-order chi connectivity index (χ0) is 16.3. The molecular formula is C13H21N2O6P. The van der Waals surface area contributed by atoms with E-state index in [1.54, 1.807) is 18.7 Å². The van der Waals surface area contributed by atoms with Crippen LogP contribution in [0.2, 0.25) is 0 Å². The van der Waals surface area contributed by atoms with Crippen molar-refractivity contribution in [3.05, 3.63) is 20.4 Å². The van der Waals surface area contributed by atoms with Gasteiger partial charge in [-0.1, -0.05) is 0 Å². The molecule has 1 aliphatic heterocycles. The predicted octanol–water partition coefficient (Wildman–Crippen LogP) is 0.141. The molecule has 1 heterocycles. The minimum Gasteiger partial charge on any atom is -0.389 e. The van der Waals surface area contributed by atoms with Crippen molar-refractivity contribution in [2.75, 3.05) is 49.2 Å². The van der Waals surface area contributed by atoms with Gasteiger partial charge in [-0.25, -0.2) is 0 Å². The third kappa shape index (κ3) is 3.41. The van der Waals surface area contributed by atoms with Gasteiger partial charge >= 0.3 is 7.60 Å². The Morgan fingerprint density at radius 2 is 1.91 bits per heavy atom. The van der Waals surface area contributed by atoms with Crippen LogP contribution in [0.1, 0.15) is 13.8 Å². The second-order valence-corrected chi connectivity index (χ2v) is 7.22. The molecule has 1 unspecified atom stereocenters. The highest BCUT2D eigenvalue weighted by atomic mass is 31.2. The van der Waals surface area contributed by atoms with Crippen LogP contribution in [0.3, 0.4) is 0 Å². The zero-order valence-electron chi connectivity index (χ0n) is 12.7. The van der Waals surface area contributed by atoms with E-state index in [1.165, 1.54) is 0 Å². The van der Waals surface area contributed by atoms with Gasteiger partial charge in [0.2, 0.25) is 0 Å². The van der Waals surface area contributed by atoms with E-state index in [4.69, 9.17) is 9.05 Å². The molecule has 2 N–H and O–H groups in total. The molecule has 124 valence electrons. The smallest absolute Gasteiger partial charge is 0.332 e. The van der Waals surface area contributed by atoms with Crippen LogP contribution >= 0.6 is 7.60 Å². The summed E-state index contributed by atoms with van der Waals surface area (Å²) in [5.41, 5.74) is -0.684. The Balaban J connectivity index is 2.14. The van der Waals surface area contributed by atoms with Gasteiger partial charge in [0.1, 0.15) is 11.4 Å². The lowest BCUT2D eigenvalue weighted by Crippen LogP contribution is -2.43. The number of fused-ring (bicyclic) bond motifs is 1. The monoisotopic (exact) mass is 332 g/mol. The Bertz CT molecular complexity index is 629. The average molecular weight is 332 g/mol. The van der Waals surface area contributed by atoms with Crippen LogP contribution in [0, 0.1) is 0 Å². The molecule has 0 spiro atoms. The van der Waals surface area contributed by atoms with Crippen LogP contribution in [0.25, 0.3) is 0 Å². The summed E-state index contributed by atoms with van der Waals surface area (Å²) in [6.07, 6.45) is -0.649. The van der Waals surface area contributed by atoms with E-state index >= 15 is 0 Å². The molecule has 0 aliphatic carbocycles. The molecule has 0 fully saturated rings. The van der Waals surface area contributed by atoms with Crippen molar-refractivity contribution in [2.45, 2.75) is 20.0 Å². The van der Waals surface area contributed by atoms with Crippen LogP contribution in [0.4, 0.5) is 11.4 Å². The van der Waals surface area contributed by atoms with Gasteiger partial charge in [0.25, 0.3) is 10.9 Å². The lowest BCUT2D eigenvalue weighted by molar-refractivity contribution is 0.193. The van der Waals surface area contributed by atoms with Crippen LogP contribution in [0.5, 0.6) is 0 Å². The topological polar surface area (TPSA) is 105 Å². The highest BCUT2D eigenvalue weighted by Gasteiger charge is 2.32. The first kappa shape index (κ1) is 17.1. The summed E-state index contributed by atoms with van der Waals surface area (Å²) in [5, 5.41) is 12.6. The second kappa shape index (κ2) is 6.91. The highest BCUT2D eigenvalue weighted by Crippen LogP contribution is 2.47. The molecule has 8 nitrogen and oxygen atoms in total. The number of β-amino-alcohol motifs (C(OH)–C–C–N with tert-alkyl or cyclic N) is 1. The fraction of sp³-hybridized carbons (Fsp3) is 0.692. The summed E-state index contributed by atoms with van der Waals surface area (Å²) in [7, 11) is -3.24. The minimum absolute atomic E-state index is 0.0830. The molecule has 0 amide bonds. The van der Waals surface area contributed by atoms with Crippen molar-refractivity contribution >= 4 is 19.0 Å². The Kier molecular flexibility index (Phi) is 5.39. The quantitative estimate of drug-likeness (QED) is 0.537. The molecule has 22 heavy (non-hydrogen) atoms. The molecule has 1 aromatic carbocycles. The predicted molar refractivity (Wildman–Crippen MR) is 83.8 cm³/mol. The van der Waals surface area contributed by atoms with Crippen LogP contribution in [-0.2, 0) is 13.6 Å². The first-order valence-electron chi connectivity index (χ1n) is 7.30. The molecule has 1 aromatic rings. The third-order valence-electron chi connectivity index (χ3n) is 3.44. The van der Waals surface area contributed by atoms with E-state index in [0.717, 1.165) is 0 Å². The Hall–Kier alpha value is -1.21. The molecular weight excluding hydrogens is 311 g/mol. The number of hydrogen-bond donors (Lipinski definition) is 2. The number of anilines is 2. The van der Waals surface area contributed by atoms with Gasteiger partial charge in [0, 0.05) is 19.6 Å². The molecule has 0 saturated heterocycles. The number of aliphatic hydroxyl groups excluding tert-OH is 1. The van der Waals surface area contributed by atoms with Crippen LogP contribution < -0.4 is 21.1 Å². The molecule has 1 atom stereocenters. The lowest BCUT2D eigenvalue weighted by Gasteiger charge is -2.27. The summed E-state index contributed by atoms with van der Waals surface area (Å²) in [4.78, 5) is 24.8. The largest absolute Gasteiger partial charge is 0.389 e. The number of rotatable bonds is 7. The van der Waals surface area contributed by atoms with E-state index in [-0.39, 0.29) is 50.4 Å². The standard InChI is InChI=1S/C13H21N2O6P/c1-3-20-22(19,21-4-2)6-5-15-8-9(16)7-14-10-11(15)13(18)12(10)17/h9,14,16H,3-8H2,1-2H3. The van der Waals surface area contributed by atoms with E-state index < -0.39 is 24.6 Å². The maximum absolute atomic E-state index is 12.5. The van der Waals surface area contributed by atoms with E-state index in [9.17, 15) is 19.3 Å². The molecule has 0 saturated carbocycles. The summed E-state index contributed by atoms with van der Waals surface area (Å²) >= 11 is 0. The lowest BCUT2D eigenvalue weighted by atomic mass is 10.2. The zero-order valence-corrected chi connectivity index (χ0v) is 13.6. The summed E-state index contributed by atoms with van der Waals surface area (Å²) < 4.78 is 22.9. The van der Waals surface area contributed by atoms with Crippen molar-refractivity contribution in [1.82, 2.24) is 0 Å². The number of nitrogens with one attached hydrogen (secondary N) is 1. The molecule has 0 aromatic heterocycles. The van der Waals surface area contributed by atoms with Crippen molar-refractivity contribution in [3.8, 4) is 0 Å². The van der Waals surface area contributed by atoms with Crippen molar-refractivity contribution in [3.63, 3.8) is 0 Å². The summed E-state index contributed by atoms with van der Waals surface area (Å²) in [5.74, 6) is 0. The Morgan fingerprint density at radius 1 is 1.27 bits per heavy atom. The highest BCUT2D eigenvalue weighted by molar-refractivity contribution is 7.53. The third-order valence-corrected chi connectivity index (χ3v) is 5.49. The fourth-order valence-corrected chi connectivity index (χ4v) is 4.09. The van der Waals surface area contributed by atoms with Crippen LogP contribution in [-0.4, -0.2) is 50.2 Å². The maximum Gasteiger partial charge on any atom is 0.332 e. The first-order chi connectivity index (χ1) is 10.4. The molecule has 1 aliphatic rings. The van der Waals surface area contributed by atoms with E-state index in [1.807, 2.05) is 0 Å². The maximum atomic E-state index is 12.5. The summed E-state index contributed by atoms with van der Waals surface area (Å²) in [6, 6.07) is 0. The normalized spacial score (nSPS) is 18.9. The number of aliphatic hydroxyl groups is 1. The molecule has 2 rings (SSSR count). The Labute approximate surface area is 128 Å². The second-order valence-electron chi connectivity index (χ2n) is 5.03. The number of hydrogen-bond acceptors (Lipinski definition) is 8. The van der Waals surface area contributed by atoms with E-state index in [2.05, 4.69) is 5.32 Å². The SMILES string of the molecule is CCOP(=O)(CCN1CC(O)CNc2c1c(=O)c2=O)OCC. The van der Waals surface area contributed by atoms with Gasteiger partial charge in [-0.3, -0.25) is 14.2 Å². The summed E-state index contributed by atoms with van der Waals surface area (Å²) in [6.45, 7) is 4.54. The van der Waals surface area contributed by atoms with Gasteiger partial charge in [-0.2, -0.15) is 0 Å². The molecule has 9 heteroatoms. The Morgan fingerprint density at radius 3 is 2.50 bits per heavy atom. The molecule has 0 radical (unpaired) electrons. The van der Waals surface area contributed by atoms with Gasteiger partial charge in [0.15, 0.2) is 0 Å². The minimum atomic E-state index is -3.24. The van der Waals surface area contributed by atoms with Gasteiger partial charge < -0.3 is 24.4 Å².